The van der Waals surface area contributed by atoms with Gasteiger partial charge < -0.3 is 9.84 Å². The van der Waals surface area contributed by atoms with Crippen LogP contribution < -0.4 is 10.2 Å². The molecule has 0 saturated carbocycles. The largest absolute Gasteiger partial charge is 0.416 e. The highest BCUT2D eigenvalue weighted by atomic mass is 32.1. The average molecular weight is 499 g/mol. The maximum Gasteiger partial charge on any atom is 0.416 e. The number of nitrogens with one attached hydrogen (secondary N) is 1. The van der Waals surface area contributed by atoms with Gasteiger partial charge in [-0.25, -0.2) is 0 Å². The molecule has 10 heteroatoms. The number of alkyl halides is 3. The monoisotopic (exact) mass is 498 g/mol. The zero-order valence-electron chi connectivity index (χ0n) is 17.7. The van der Waals surface area contributed by atoms with E-state index in [1.54, 1.807) is 4.90 Å². The van der Waals surface area contributed by atoms with Crippen LogP contribution in [-0.4, -0.2) is 15.3 Å². The van der Waals surface area contributed by atoms with Crippen LogP contribution in [0.5, 0.6) is 0 Å². The van der Waals surface area contributed by atoms with Gasteiger partial charge in [0, 0.05) is 11.4 Å². The summed E-state index contributed by atoms with van der Waals surface area (Å²) in [7, 11) is 0. The van der Waals surface area contributed by atoms with E-state index in [1.807, 2.05) is 54.8 Å². The SMILES string of the molecule is CC1=C(c2nc(-c3cccs3)no2)C(c2ccccc2)NC(=S)N1c1ccc(C(F)(F)F)cc1. The summed E-state index contributed by atoms with van der Waals surface area (Å²) in [5.41, 5.74) is 2.06. The Bertz CT molecular complexity index is 1350. The first kappa shape index (κ1) is 22.3. The average Bonchev–Trinajstić information content (AvgIpc) is 3.51. The van der Waals surface area contributed by atoms with Gasteiger partial charge >= 0.3 is 6.18 Å². The second-order valence-electron chi connectivity index (χ2n) is 7.57. The predicted molar refractivity (Wildman–Crippen MR) is 129 cm³/mol. The highest BCUT2D eigenvalue weighted by Gasteiger charge is 2.35. The number of thiocarbonyl (C=S) groups is 1. The van der Waals surface area contributed by atoms with E-state index in [4.69, 9.17) is 16.7 Å². The molecule has 0 saturated heterocycles. The molecule has 1 N–H and O–H groups in total. The van der Waals surface area contributed by atoms with Crippen LogP contribution in [0.15, 0.2) is 82.3 Å². The van der Waals surface area contributed by atoms with Gasteiger partial charge in [0.15, 0.2) is 5.11 Å². The first-order valence-corrected chi connectivity index (χ1v) is 11.5. The number of rotatable bonds is 4. The molecular weight excluding hydrogens is 481 g/mol. The molecule has 0 bridgehead atoms. The maximum absolute atomic E-state index is 13.1. The smallest absolute Gasteiger partial charge is 0.351 e. The normalized spacial score (nSPS) is 16.6. The molecule has 34 heavy (non-hydrogen) atoms. The Balaban J connectivity index is 1.62. The third-order valence-electron chi connectivity index (χ3n) is 5.47. The van der Waals surface area contributed by atoms with Crippen molar-refractivity contribution in [3.8, 4) is 10.7 Å². The molecule has 2 aromatic heterocycles. The second kappa shape index (κ2) is 8.69. The molecule has 1 aliphatic rings. The van der Waals surface area contributed by atoms with Crippen LogP contribution in [0.25, 0.3) is 16.3 Å². The van der Waals surface area contributed by atoms with Crippen LogP contribution >= 0.6 is 23.6 Å². The molecule has 0 radical (unpaired) electrons. The summed E-state index contributed by atoms with van der Waals surface area (Å²) in [5, 5.41) is 9.72. The number of aromatic nitrogens is 2. The fourth-order valence-corrected chi connectivity index (χ4v) is 4.87. The van der Waals surface area contributed by atoms with Crippen molar-refractivity contribution in [3.63, 3.8) is 0 Å². The Kier molecular flexibility index (Phi) is 5.70. The lowest BCUT2D eigenvalue weighted by Crippen LogP contribution is -2.46. The Labute approximate surface area is 202 Å². The lowest BCUT2D eigenvalue weighted by molar-refractivity contribution is -0.137. The van der Waals surface area contributed by atoms with Gasteiger partial charge in [0.1, 0.15) is 0 Å². The molecule has 172 valence electrons. The van der Waals surface area contributed by atoms with Crippen molar-refractivity contribution in [1.29, 1.82) is 0 Å². The summed E-state index contributed by atoms with van der Waals surface area (Å²) in [5.74, 6) is 0.771. The Hall–Kier alpha value is -3.50. The van der Waals surface area contributed by atoms with Gasteiger partial charge in [-0.15, -0.1) is 11.3 Å². The van der Waals surface area contributed by atoms with Crippen LogP contribution in [0, 0.1) is 0 Å². The van der Waals surface area contributed by atoms with Crippen molar-refractivity contribution in [2.75, 3.05) is 4.90 Å². The molecule has 2 aromatic carbocycles. The molecule has 0 fully saturated rings. The number of hydrogen-bond acceptors (Lipinski definition) is 5. The summed E-state index contributed by atoms with van der Waals surface area (Å²) in [4.78, 5) is 7.16. The quantitative estimate of drug-likeness (QED) is 0.317. The lowest BCUT2D eigenvalue weighted by atomic mass is 9.94. The van der Waals surface area contributed by atoms with E-state index in [-0.39, 0.29) is 6.04 Å². The van der Waals surface area contributed by atoms with Crippen molar-refractivity contribution in [2.24, 2.45) is 0 Å². The summed E-state index contributed by atoms with van der Waals surface area (Å²) in [6.45, 7) is 1.84. The van der Waals surface area contributed by atoms with Gasteiger partial charge in [-0.3, -0.25) is 4.90 Å². The predicted octanol–water partition coefficient (Wildman–Crippen LogP) is 6.68. The van der Waals surface area contributed by atoms with E-state index in [9.17, 15) is 13.2 Å². The molecule has 5 rings (SSSR count). The topological polar surface area (TPSA) is 54.2 Å². The second-order valence-corrected chi connectivity index (χ2v) is 8.91. The zero-order valence-corrected chi connectivity index (χ0v) is 19.3. The van der Waals surface area contributed by atoms with Crippen LogP contribution in [0.1, 0.15) is 30.0 Å². The Morgan fingerprint density at radius 2 is 1.76 bits per heavy atom. The number of halogens is 3. The van der Waals surface area contributed by atoms with E-state index < -0.39 is 11.7 Å². The number of thiophene rings is 1. The number of hydrogen-bond donors (Lipinski definition) is 1. The minimum absolute atomic E-state index is 0.307. The minimum Gasteiger partial charge on any atom is -0.351 e. The van der Waals surface area contributed by atoms with E-state index in [0.29, 0.717) is 33.8 Å². The summed E-state index contributed by atoms with van der Waals surface area (Å²) < 4.78 is 44.9. The van der Waals surface area contributed by atoms with Gasteiger partial charge in [0.25, 0.3) is 5.89 Å². The first-order chi connectivity index (χ1) is 16.3. The van der Waals surface area contributed by atoms with Crippen molar-refractivity contribution >= 4 is 39.9 Å². The van der Waals surface area contributed by atoms with Gasteiger partial charge in [-0.2, -0.15) is 18.2 Å². The number of allylic oxidation sites excluding steroid dienone is 1. The molecule has 0 aliphatic carbocycles. The number of benzene rings is 2. The fourth-order valence-electron chi connectivity index (χ4n) is 3.86. The molecule has 1 atom stereocenters. The Morgan fingerprint density at radius 3 is 2.41 bits per heavy atom. The fraction of sp³-hybridized carbons (Fsp3) is 0.125. The van der Waals surface area contributed by atoms with Crippen LogP contribution in [0.3, 0.4) is 0 Å². The first-order valence-electron chi connectivity index (χ1n) is 10.2. The highest BCUT2D eigenvalue weighted by molar-refractivity contribution is 7.80. The molecule has 4 aromatic rings. The zero-order chi connectivity index (χ0) is 23.9. The van der Waals surface area contributed by atoms with Gasteiger partial charge in [-0.1, -0.05) is 41.6 Å². The standard InChI is InChI=1S/C24H17F3N4OS2/c1-14-19(22-29-21(30-32-22)18-8-5-13-34-18)20(15-6-3-2-4-7-15)28-23(33)31(14)17-11-9-16(10-12-17)24(25,26)27/h2-13,20H,1H3,(H,28,33). The summed E-state index contributed by atoms with van der Waals surface area (Å²) >= 11 is 7.13. The van der Waals surface area contributed by atoms with Gasteiger partial charge in [-0.05, 0) is 60.4 Å². The van der Waals surface area contributed by atoms with Crippen molar-refractivity contribution in [2.45, 2.75) is 19.1 Å². The maximum atomic E-state index is 13.1. The molecule has 0 amide bonds. The Morgan fingerprint density at radius 1 is 1.03 bits per heavy atom. The third-order valence-corrected chi connectivity index (χ3v) is 6.63. The van der Waals surface area contributed by atoms with Crippen LogP contribution in [0.4, 0.5) is 18.9 Å². The molecule has 1 unspecified atom stereocenters. The van der Waals surface area contributed by atoms with Crippen molar-refractivity contribution < 1.29 is 17.7 Å². The van der Waals surface area contributed by atoms with Crippen molar-refractivity contribution in [1.82, 2.24) is 15.5 Å². The third kappa shape index (κ3) is 4.10. The highest BCUT2D eigenvalue weighted by Crippen LogP contribution is 2.40. The summed E-state index contributed by atoms with van der Waals surface area (Å²) in [6, 6.07) is 17.9. The molecular formula is C24H17F3N4OS2. The molecule has 0 spiro atoms. The number of anilines is 1. The van der Waals surface area contributed by atoms with E-state index in [2.05, 4.69) is 15.5 Å². The molecule has 5 nitrogen and oxygen atoms in total. The van der Waals surface area contributed by atoms with Gasteiger partial charge in [0.2, 0.25) is 5.82 Å². The minimum atomic E-state index is -4.42. The summed E-state index contributed by atoms with van der Waals surface area (Å²) in [6.07, 6.45) is -4.42. The van der Waals surface area contributed by atoms with E-state index >= 15 is 0 Å². The molecule has 1 aliphatic heterocycles. The number of nitrogens with zero attached hydrogens (tertiary/aromatic N) is 3. The van der Waals surface area contributed by atoms with E-state index in [1.165, 1.54) is 23.5 Å². The molecule has 3 heterocycles. The van der Waals surface area contributed by atoms with E-state index in [0.717, 1.165) is 22.6 Å². The van der Waals surface area contributed by atoms with Crippen LogP contribution in [0.2, 0.25) is 0 Å². The van der Waals surface area contributed by atoms with Gasteiger partial charge in [0.05, 0.1) is 22.1 Å². The lowest BCUT2D eigenvalue weighted by Gasteiger charge is -2.37. The van der Waals surface area contributed by atoms with Crippen molar-refractivity contribution in [3.05, 3.63) is 94.8 Å². The van der Waals surface area contributed by atoms with Crippen LogP contribution in [-0.2, 0) is 6.18 Å².